The molecule has 0 radical (unpaired) electrons. The second-order valence-electron chi connectivity index (χ2n) is 5.23. The van der Waals surface area contributed by atoms with Crippen molar-refractivity contribution in [1.82, 2.24) is 9.62 Å². The van der Waals surface area contributed by atoms with Crippen LogP contribution in [0.25, 0.3) is 0 Å². The van der Waals surface area contributed by atoms with E-state index in [1.165, 1.54) is 18.2 Å². The van der Waals surface area contributed by atoms with Crippen LogP contribution in [0.3, 0.4) is 0 Å². The molecule has 0 fully saturated rings. The molecular formula is C15H19FN2O3S. The van der Waals surface area contributed by atoms with Gasteiger partial charge in [0, 0.05) is 6.54 Å². The third-order valence-electron chi connectivity index (χ3n) is 3.24. The molecule has 0 bridgehead atoms. The van der Waals surface area contributed by atoms with E-state index in [0.29, 0.717) is 11.3 Å². The van der Waals surface area contributed by atoms with Gasteiger partial charge in [0.05, 0.1) is 18.1 Å². The maximum atomic E-state index is 13.1. The Hall–Kier alpha value is -1.70. The number of hydrogen-bond donors (Lipinski definition) is 1. The molecule has 1 aromatic heterocycles. The SMILES string of the molecule is CN(C)C(CNS(=O)(=O)Cc1cccc(F)c1)c1ccco1. The molecule has 1 N–H and O–H groups in total. The Kier molecular flexibility index (Phi) is 5.33. The van der Waals surface area contributed by atoms with Crippen molar-refractivity contribution in [3.05, 3.63) is 59.8 Å². The number of halogens is 1. The van der Waals surface area contributed by atoms with Crippen LogP contribution < -0.4 is 4.72 Å². The van der Waals surface area contributed by atoms with Crippen LogP contribution in [-0.2, 0) is 15.8 Å². The highest BCUT2D eigenvalue weighted by atomic mass is 32.2. The fourth-order valence-electron chi connectivity index (χ4n) is 2.12. The highest BCUT2D eigenvalue weighted by Gasteiger charge is 2.20. The first-order chi connectivity index (χ1) is 10.4. The van der Waals surface area contributed by atoms with Crippen molar-refractivity contribution in [1.29, 1.82) is 0 Å². The second-order valence-corrected chi connectivity index (χ2v) is 7.04. The predicted octanol–water partition coefficient (Wildman–Crippen LogP) is 2.14. The largest absolute Gasteiger partial charge is 0.468 e. The lowest BCUT2D eigenvalue weighted by molar-refractivity contribution is 0.259. The minimum Gasteiger partial charge on any atom is -0.468 e. The number of sulfonamides is 1. The fourth-order valence-corrected chi connectivity index (χ4v) is 3.25. The van der Waals surface area contributed by atoms with E-state index < -0.39 is 15.8 Å². The van der Waals surface area contributed by atoms with Crippen LogP contribution in [0.4, 0.5) is 4.39 Å². The highest BCUT2D eigenvalue weighted by Crippen LogP contribution is 2.18. The first kappa shape index (κ1) is 16.7. The number of benzene rings is 1. The monoisotopic (exact) mass is 326 g/mol. The summed E-state index contributed by atoms with van der Waals surface area (Å²) in [5.41, 5.74) is 0.409. The quantitative estimate of drug-likeness (QED) is 0.847. The number of hydrogen-bond acceptors (Lipinski definition) is 4. The molecule has 2 rings (SSSR count). The zero-order valence-electron chi connectivity index (χ0n) is 12.5. The van der Waals surface area contributed by atoms with E-state index in [-0.39, 0.29) is 18.3 Å². The van der Waals surface area contributed by atoms with E-state index in [1.54, 1.807) is 24.5 Å². The van der Waals surface area contributed by atoms with Crippen molar-refractivity contribution in [2.24, 2.45) is 0 Å². The molecule has 1 unspecified atom stereocenters. The van der Waals surface area contributed by atoms with Gasteiger partial charge in [-0.3, -0.25) is 4.90 Å². The van der Waals surface area contributed by atoms with Crippen LogP contribution in [0.5, 0.6) is 0 Å². The Morgan fingerprint density at radius 3 is 2.64 bits per heavy atom. The summed E-state index contributed by atoms with van der Waals surface area (Å²) >= 11 is 0. The molecule has 1 aromatic carbocycles. The average Bonchev–Trinajstić information content (AvgIpc) is 2.91. The molecule has 1 atom stereocenters. The molecule has 22 heavy (non-hydrogen) atoms. The minimum absolute atomic E-state index is 0.179. The third kappa shape index (κ3) is 4.66. The standard InChI is InChI=1S/C15H19FN2O3S/c1-18(2)14(15-7-4-8-21-15)10-17-22(19,20)11-12-5-3-6-13(16)9-12/h3-9,14,17H,10-11H2,1-2H3. The molecule has 0 saturated heterocycles. The van der Waals surface area contributed by atoms with Crippen LogP contribution in [0.1, 0.15) is 17.4 Å². The van der Waals surface area contributed by atoms with E-state index in [2.05, 4.69) is 4.72 Å². The Morgan fingerprint density at radius 2 is 2.05 bits per heavy atom. The summed E-state index contributed by atoms with van der Waals surface area (Å²) < 4.78 is 45.2. The van der Waals surface area contributed by atoms with Crippen molar-refractivity contribution in [2.75, 3.05) is 20.6 Å². The first-order valence-corrected chi connectivity index (χ1v) is 8.44. The van der Waals surface area contributed by atoms with Crippen molar-refractivity contribution in [3.63, 3.8) is 0 Å². The van der Waals surface area contributed by atoms with E-state index in [1.807, 2.05) is 19.0 Å². The number of nitrogens with zero attached hydrogens (tertiary/aromatic N) is 1. The molecule has 0 aliphatic rings. The summed E-state index contributed by atoms with van der Waals surface area (Å²) in [6.45, 7) is 0.179. The van der Waals surface area contributed by atoms with Gasteiger partial charge in [-0.15, -0.1) is 0 Å². The molecular weight excluding hydrogens is 307 g/mol. The normalized spacial score (nSPS) is 13.5. The number of furan rings is 1. The number of nitrogens with one attached hydrogen (secondary N) is 1. The third-order valence-corrected chi connectivity index (χ3v) is 4.56. The van der Waals surface area contributed by atoms with Gasteiger partial charge in [0.25, 0.3) is 0 Å². The molecule has 0 saturated carbocycles. The zero-order chi connectivity index (χ0) is 16.2. The lowest BCUT2D eigenvalue weighted by Gasteiger charge is -2.22. The van der Waals surface area contributed by atoms with Crippen LogP contribution >= 0.6 is 0 Å². The summed E-state index contributed by atoms with van der Waals surface area (Å²) in [6.07, 6.45) is 1.55. The number of rotatable bonds is 7. The van der Waals surface area contributed by atoms with Crippen LogP contribution in [0.15, 0.2) is 47.1 Å². The van der Waals surface area contributed by atoms with Gasteiger partial charge in [0.2, 0.25) is 10.0 Å². The molecule has 1 heterocycles. The molecule has 0 aliphatic heterocycles. The molecule has 2 aromatic rings. The van der Waals surface area contributed by atoms with Crippen molar-refractivity contribution in [2.45, 2.75) is 11.8 Å². The summed E-state index contributed by atoms with van der Waals surface area (Å²) in [5, 5.41) is 0. The van der Waals surface area contributed by atoms with Gasteiger partial charge < -0.3 is 4.42 Å². The Bertz CT molecular complexity index is 699. The van der Waals surface area contributed by atoms with Crippen LogP contribution in [0.2, 0.25) is 0 Å². The van der Waals surface area contributed by atoms with E-state index in [9.17, 15) is 12.8 Å². The smallest absolute Gasteiger partial charge is 0.215 e. The summed E-state index contributed by atoms with van der Waals surface area (Å²) in [6, 6.07) is 8.91. The zero-order valence-corrected chi connectivity index (χ0v) is 13.3. The van der Waals surface area contributed by atoms with Gasteiger partial charge in [-0.05, 0) is 43.9 Å². The number of likely N-dealkylation sites (N-methyl/N-ethyl adjacent to an activating group) is 1. The summed E-state index contributed by atoms with van der Waals surface area (Å²) in [5.74, 6) is -0.0313. The van der Waals surface area contributed by atoms with Crippen molar-refractivity contribution < 1.29 is 17.2 Å². The molecule has 5 nitrogen and oxygen atoms in total. The van der Waals surface area contributed by atoms with Gasteiger partial charge in [-0.2, -0.15) is 0 Å². The van der Waals surface area contributed by atoms with Gasteiger partial charge in [-0.1, -0.05) is 12.1 Å². The lowest BCUT2D eigenvalue weighted by atomic mass is 10.2. The summed E-state index contributed by atoms with van der Waals surface area (Å²) in [7, 11) is 0.127. The maximum absolute atomic E-state index is 13.1. The molecule has 120 valence electrons. The Labute approximate surface area is 129 Å². The van der Waals surface area contributed by atoms with Gasteiger partial charge >= 0.3 is 0 Å². The van der Waals surface area contributed by atoms with Crippen LogP contribution in [-0.4, -0.2) is 34.0 Å². The Morgan fingerprint density at radius 1 is 1.27 bits per heavy atom. The van der Waals surface area contributed by atoms with E-state index >= 15 is 0 Å². The topological polar surface area (TPSA) is 62.6 Å². The predicted molar refractivity (Wildman–Crippen MR) is 82.2 cm³/mol. The summed E-state index contributed by atoms with van der Waals surface area (Å²) in [4.78, 5) is 1.86. The van der Waals surface area contributed by atoms with Crippen molar-refractivity contribution in [3.8, 4) is 0 Å². The van der Waals surface area contributed by atoms with Crippen molar-refractivity contribution >= 4 is 10.0 Å². The van der Waals surface area contributed by atoms with E-state index in [0.717, 1.165) is 0 Å². The lowest BCUT2D eigenvalue weighted by Crippen LogP contribution is -2.35. The maximum Gasteiger partial charge on any atom is 0.215 e. The fraction of sp³-hybridized carbons (Fsp3) is 0.333. The molecule has 0 spiro atoms. The van der Waals surface area contributed by atoms with Gasteiger partial charge in [0.15, 0.2) is 0 Å². The highest BCUT2D eigenvalue weighted by molar-refractivity contribution is 7.88. The molecule has 7 heteroatoms. The Balaban J connectivity index is 2.02. The second kappa shape index (κ2) is 7.04. The first-order valence-electron chi connectivity index (χ1n) is 6.79. The molecule has 0 aliphatic carbocycles. The molecule has 0 amide bonds. The van der Waals surface area contributed by atoms with Crippen LogP contribution in [0, 0.1) is 5.82 Å². The average molecular weight is 326 g/mol. The van der Waals surface area contributed by atoms with Gasteiger partial charge in [-0.25, -0.2) is 17.5 Å². The van der Waals surface area contributed by atoms with Gasteiger partial charge in [0.1, 0.15) is 11.6 Å². The van der Waals surface area contributed by atoms with E-state index in [4.69, 9.17) is 4.42 Å². The minimum atomic E-state index is -3.56.